The monoisotopic (exact) mass is 408 g/mol. The summed E-state index contributed by atoms with van der Waals surface area (Å²) in [6.07, 6.45) is -3.49. The summed E-state index contributed by atoms with van der Waals surface area (Å²) in [5, 5.41) is 1.31. The zero-order valence-corrected chi connectivity index (χ0v) is 15.0. The van der Waals surface area contributed by atoms with E-state index in [1.54, 1.807) is 12.1 Å². The highest BCUT2D eigenvalue weighted by atomic mass is 35.5. The van der Waals surface area contributed by atoms with Crippen LogP contribution in [0.4, 0.5) is 35.0 Å². The van der Waals surface area contributed by atoms with Gasteiger partial charge in [0.15, 0.2) is 0 Å². The van der Waals surface area contributed by atoms with Gasteiger partial charge in [0, 0.05) is 13.1 Å². The van der Waals surface area contributed by atoms with Crippen LogP contribution >= 0.6 is 11.6 Å². The topological polar surface area (TPSA) is 55.9 Å². The lowest BCUT2D eigenvalue weighted by atomic mass is 10.1. The molecule has 28 heavy (non-hydrogen) atoms. The zero-order valence-electron chi connectivity index (χ0n) is 14.3. The fourth-order valence-electron chi connectivity index (χ4n) is 3.10. The van der Waals surface area contributed by atoms with Crippen LogP contribution in [-0.2, 0) is 11.0 Å². The number of hydrazine groups is 1. The van der Waals surface area contributed by atoms with Gasteiger partial charge in [0.05, 0.1) is 27.6 Å². The molecule has 0 radical (unpaired) electrons. The highest BCUT2D eigenvalue weighted by molar-refractivity contribution is 6.34. The number of halogens is 4. The summed E-state index contributed by atoms with van der Waals surface area (Å²) < 4.78 is 40.0. The molecule has 0 unspecified atom stereocenters. The number of alkyl halides is 3. The predicted molar refractivity (Wildman–Crippen MR) is 96.9 cm³/mol. The molecule has 0 saturated carbocycles. The maximum absolute atomic E-state index is 13.3. The molecule has 10 heteroatoms. The van der Waals surface area contributed by atoms with E-state index in [-0.39, 0.29) is 27.9 Å². The number of carbonyl (C=O) groups is 2. The van der Waals surface area contributed by atoms with E-state index in [0.717, 1.165) is 39.1 Å². The standard InChI is InChI=1S/C18H12ClF3N4O2/c1-24-17(28)26-13-7-6-10(18(20,21)22)8-14(13)25(16(27)9-15(26)23-24)12-5-3-2-4-11(12)19/h2-9,23H,1H3. The van der Waals surface area contributed by atoms with Crippen molar-refractivity contribution in [2.75, 3.05) is 16.8 Å². The number of carbonyl (C=O) groups excluding carboxylic acids is 2. The Morgan fingerprint density at radius 3 is 2.36 bits per heavy atom. The first-order valence-corrected chi connectivity index (χ1v) is 8.42. The summed E-state index contributed by atoms with van der Waals surface area (Å²) in [6.45, 7) is 0. The van der Waals surface area contributed by atoms with Crippen molar-refractivity contribution in [3.8, 4) is 0 Å². The fourth-order valence-corrected chi connectivity index (χ4v) is 3.32. The number of hydrogen-bond acceptors (Lipinski definition) is 3. The average molecular weight is 409 g/mol. The second-order valence-electron chi connectivity index (χ2n) is 6.14. The number of para-hydroxylation sites is 1. The van der Waals surface area contributed by atoms with Gasteiger partial charge in [-0.2, -0.15) is 13.2 Å². The highest BCUT2D eigenvalue weighted by Crippen LogP contribution is 2.44. The number of benzene rings is 2. The van der Waals surface area contributed by atoms with Crippen molar-refractivity contribution in [3.63, 3.8) is 0 Å². The van der Waals surface area contributed by atoms with Gasteiger partial charge in [-0.3, -0.25) is 15.1 Å². The van der Waals surface area contributed by atoms with Gasteiger partial charge >= 0.3 is 12.2 Å². The van der Waals surface area contributed by atoms with Crippen LogP contribution in [0.3, 0.4) is 0 Å². The lowest BCUT2D eigenvalue weighted by molar-refractivity contribution is -0.137. The third kappa shape index (κ3) is 2.75. The summed E-state index contributed by atoms with van der Waals surface area (Å²) >= 11 is 6.20. The molecule has 2 aliphatic heterocycles. The molecule has 4 rings (SSSR count). The molecule has 0 aliphatic carbocycles. The first-order valence-electron chi connectivity index (χ1n) is 8.04. The van der Waals surface area contributed by atoms with Crippen LogP contribution in [0.5, 0.6) is 0 Å². The van der Waals surface area contributed by atoms with Crippen LogP contribution in [0, 0.1) is 0 Å². The Kier molecular flexibility index (Phi) is 4.00. The molecule has 2 aromatic carbocycles. The van der Waals surface area contributed by atoms with E-state index in [4.69, 9.17) is 11.6 Å². The summed E-state index contributed by atoms with van der Waals surface area (Å²) in [6, 6.07) is 8.60. The molecule has 0 aromatic heterocycles. The molecular formula is C18H12ClF3N4O2. The Balaban J connectivity index is 2.01. The van der Waals surface area contributed by atoms with Crippen LogP contribution in [0.2, 0.25) is 5.02 Å². The third-order valence-corrected chi connectivity index (χ3v) is 4.68. The van der Waals surface area contributed by atoms with Crippen LogP contribution in [0.25, 0.3) is 0 Å². The first-order chi connectivity index (χ1) is 13.2. The molecule has 144 valence electrons. The van der Waals surface area contributed by atoms with Crippen LogP contribution in [-0.4, -0.2) is 24.0 Å². The minimum absolute atomic E-state index is 0.107. The maximum Gasteiger partial charge on any atom is 0.416 e. The summed E-state index contributed by atoms with van der Waals surface area (Å²) in [5.41, 5.74) is 1.98. The second kappa shape index (κ2) is 6.16. The highest BCUT2D eigenvalue weighted by Gasteiger charge is 2.40. The molecule has 3 amide bonds. The molecule has 2 aliphatic rings. The smallest absolute Gasteiger partial charge is 0.279 e. The lowest BCUT2D eigenvalue weighted by Gasteiger charge is -2.26. The van der Waals surface area contributed by atoms with Crippen molar-refractivity contribution < 1.29 is 22.8 Å². The van der Waals surface area contributed by atoms with Gasteiger partial charge < -0.3 is 0 Å². The molecule has 6 nitrogen and oxygen atoms in total. The maximum atomic E-state index is 13.3. The van der Waals surface area contributed by atoms with E-state index in [2.05, 4.69) is 5.43 Å². The largest absolute Gasteiger partial charge is 0.416 e. The van der Waals surface area contributed by atoms with Crippen molar-refractivity contribution in [2.45, 2.75) is 6.18 Å². The van der Waals surface area contributed by atoms with Gasteiger partial charge in [-0.25, -0.2) is 14.7 Å². The van der Waals surface area contributed by atoms with Gasteiger partial charge in [0.2, 0.25) is 0 Å². The minimum atomic E-state index is -4.63. The van der Waals surface area contributed by atoms with E-state index >= 15 is 0 Å². The number of anilines is 3. The van der Waals surface area contributed by atoms with Gasteiger partial charge in [-0.05, 0) is 30.3 Å². The van der Waals surface area contributed by atoms with Crippen LogP contribution < -0.4 is 15.2 Å². The number of rotatable bonds is 1. The number of hydrogen-bond donors (Lipinski definition) is 1. The minimum Gasteiger partial charge on any atom is -0.279 e. The first kappa shape index (κ1) is 18.2. The number of urea groups is 1. The zero-order chi connectivity index (χ0) is 20.2. The number of fused-ring (bicyclic) bond motifs is 3. The van der Waals surface area contributed by atoms with Crippen molar-refractivity contribution in [1.29, 1.82) is 0 Å². The van der Waals surface area contributed by atoms with Crippen LogP contribution in [0.15, 0.2) is 54.4 Å². The van der Waals surface area contributed by atoms with E-state index in [1.165, 1.54) is 19.2 Å². The molecular weight excluding hydrogens is 397 g/mol. The molecule has 1 N–H and O–H groups in total. The Morgan fingerprint density at radius 2 is 1.68 bits per heavy atom. The molecule has 0 atom stereocenters. The quantitative estimate of drug-likeness (QED) is 0.767. The Bertz CT molecular complexity index is 1040. The molecule has 1 fully saturated rings. The van der Waals surface area contributed by atoms with Gasteiger partial charge in [0.25, 0.3) is 5.91 Å². The van der Waals surface area contributed by atoms with E-state index < -0.39 is 23.7 Å². The fraction of sp³-hybridized carbons (Fsp3) is 0.111. The number of nitrogens with one attached hydrogen (secondary N) is 1. The van der Waals surface area contributed by atoms with Crippen molar-refractivity contribution in [1.82, 2.24) is 10.4 Å². The Labute approximate surface area is 162 Å². The van der Waals surface area contributed by atoms with Crippen molar-refractivity contribution >= 4 is 40.6 Å². The second-order valence-corrected chi connectivity index (χ2v) is 6.55. The normalized spacial score (nSPS) is 16.5. The van der Waals surface area contributed by atoms with Crippen molar-refractivity contribution in [3.05, 3.63) is 64.9 Å². The van der Waals surface area contributed by atoms with E-state index in [1.807, 2.05) is 0 Å². The summed E-state index contributed by atoms with van der Waals surface area (Å²) in [5.74, 6) is -0.519. The van der Waals surface area contributed by atoms with Crippen LogP contribution in [0.1, 0.15) is 5.56 Å². The Morgan fingerprint density at radius 1 is 0.964 bits per heavy atom. The molecule has 2 aromatic rings. The van der Waals surface area contributed by atoms with E-state index in [0.29, 0.717) is 0 Å². The molecule has 2 heterocycles. The molecule has 0 spiro atoms. The van der Waals surface area contributed by atoms with Gasteiger partial charge in [0.1, 0.15) is 5.82 Å². The summed E-state index contributed by atoms with van der Waals surface area (Å²) in [4.78, 5) is 27.7. The molecule has 1 saturated heterocycles. The predicted octanol–water partition coefficient (Wildman–Crippen LogP) is 4.25. The average Bonchev–Trinajstić information content (AvgIpc) is 2.83. The SMILES string of the molecule is CN1NC2=CC(=O)N(c3ccccc3Cl)c3cc(C(F)(F)F)ccc3N2C1=O. The molecule has 0 bridgehead atoms. The van der Waals surface area contributed by atoms with Gasteiger partial charge in [-0.1, -0.05) is 23.7 Å². The van der Waals surface area contributed by atoms with E-state index in [9.17, 15) is 22.8 Å². The number of amides is 3. The third-order valence-electron chi connectivity index (χ3n) is 4.36. The lowest BCUT2D eigenvalue weighted by Crippen LogP contribution is -2.32. The summed E-state index contributed by atoms with van der Waals surface area (Å²) in [7, 11) is 1.44. The van der Waals surface area contributed by atoms with Crippen molar-refractivity contribution in [2.24, 2.45) is 0 Å². The van der Waals surface area contributed by atoms with Gasteiger partial charge in [-0.15, -0.1) is 0 Å². The Hall–Kier alpha value is -3.20. The number of nitrogens with zero attached hydrogens (tertiary/aromatic N) is 3.